The molecule has 0 saturated carbocycles. The van der Waals surface area contributed by atoms with Crippen LogP contribution in [0, 0.1) is 0 Å². The van der Waals surface area contributed by atoms with Gasteiger partial charge in [0.25, 0.3) is 0 Å². The Hall–Kier alpha value is -2.10. The van der Waals surface area contributed by atoms with E-state index >= 15 is 0 Å². The number of para-hydroxylation sites is 1. The van der Waals surface area contributed by atoms with Crippen molar-refractivity contribution in [1.82, 2.24) is 4.57 Å². The molecular weight excluding hydrogens is 250 g/mol. The molecule has 3 heteroatoms. The lowest BCUT2D eigenvalue weighted by molar-refractivity contribution is 0.0666. The zero-order valence-corrected chi connectivity index (χ0v) is 11.2. The summed E-state index contributed by atoms with van der Waals surface area (Å²) in [7, 11) is 0. The maximum Gasteiger partial charge on any atom is 0.123 e. The maximum absolute atomic E-state index is 9.40. The summed E-state index contributed by atoms with van der Waals surface area (Å²) in [5, 5.41) is 10.5. The lowest BCUT2D eigenvalue weighted by Crippen LogP contribution is -2.01. The van der Waals surface area contributed by atoms with Gasteiger partial charge in [-0.3, -0.25) is 0 Å². The van der Waals surface area contributed by atoms with E-state index in [1.54, 1.807) is 0 Å². The summed E-state index contributed by atoms with van der Waals surface area (Å²) in [6, 6.07) is 18.2. The molecule has 0 atom stereocenters. The van der Waals surface area contributed by atoms with Gasteiger partial charge in [-0.1, -0.05) is 48.5 Å². The van der Waals surface area contributed by atoms with E-state index in [1.165, 1.54) is 0 Å². The van der Waals surface area contributed by atoms with E-state index in [2.05, 4.69) is 0 Å². The van der Waals surface area contributed by atoms with Gasteiger partial charge in [-0.2, -0.15) is 0 Å². The quantitative estimate of drug-likeness (QED) is 0.769. The highest BCUT2D eigenvalue weighted by Crippen LogP contribution is 2.21. The molecule has 3 nitrogen and oxygen atoms in total. The lowest BCUT2D eigenvalue weighted by Gasteiger charge is -2.07. The molecule has 0 fully saturated rings. The van der Waals surface area contributed by atoms with Crippen LogP contribution in [-0.2, 0) is 24.7 Å². The van der Waals surface area contributed by atoms with Crippen molar-refractivity contribution in [1.29, 1.82) is 0 Å². The van der Waals surface area contributed by atoms with E-state index in [9.17, 15) is 5.11 Å². The van der Waals surface area contributed by atoms with E-state index in [0.717, 1.165) is 22.0 Å². The van der Waals surface area contributed by atoms with Crippen molar-refractivity contribution >= 4 is 10.9 Å². The first kappa shape index (κ1) is 12.9. The Bertz CT molecular complexity index is 689. The van der Waals surface area contributed by atoms with E-state index in [-0.39, 0.29) is 6.61 Å². The summed E-state index contributed by atoms with van der Waals surface area (Å²) in [6.45, 7) is 1.11. The topological polar surface area (TPSA) is 34.4 Å². The van der Waals surface area contributed by atoms with E-state index in [4.69, 9.17) is 4.74 Å². The summed E-state index contributed by atoms with van der Waals surface area (Å²) >= 11 is 0. The predicted molar refractivity (Wildman–Crippen MR) is 79.1 cm³/mol. The van der Waals surface area contributed by atoms with Gasteiger partial charge in [0.2, 0.25) is 0 Å². The van der Waals surface area contributed by atoms with Crippen LogP contribution < -0.4 is 0 Å². The SMILES string of the molecule is OCc1cn(COCc2ccccc2)c2ccccc12. The fraction of sp³-hybridized carbons (Fsp3) is 0.176. The molecule has 0 saturated heterocycles. The summed E-state index contributed by atoms with van der Waals surface area (Å²) in [6.07, 6.45) is 1.95. The summed E-state index contributed by atoms with van der Waals surface area (Å²) in [4.78, 5) is 0. The average molecular weight is 267 g/mol. The van der Waals surface area contributed by atoms with E-state index < -0.39 is 0 Å². The highest BCUT2D eigenvalue weighted by Gasteiger charge is 2.06. The number of fused-ring (bicyclic) bond motifs is 1. The zero-order chi connectivity index (χ0) is 13.8. The molecule has 2 aromatic carbocycles. The summed E-state index contributed by atoms with van der Waals surface area (Å²) in [5.74, 6) is 0. The minimum absolute atomic E-state index is 0.0478. The number of aliphatic hydroxyl groups excluding tert-OH is 1. The molecule has 0 spiro atoms. The lowest BCUT2D eigenvalue weighted by atomic mass is 10.2. The fourth-order valence-corrected chi connectivity index (χ4v) is 2.39. The van der Waals surface area contributed by atoms with Crippen LogP contribution in [0.1, 0.15) is 11.1 Å². The van der Waals surface area contributed by atoms with Gasteiger partial charge in [0, 0.05) is 17.1 Å². The van der Waals surface area contributed by atoms with Crippen LogP contribution in [0.2, 0.25) is 0 Å². The standard InChI is InChI=1S/C17H17NO2/c19-11-15-10-18(17-9-5-4-8-16(15)17)13-20-12-14-6-2-1-3-7-14/h1-10,19H,11-13H2. The third-order valence-electron chi connectivity index (χ3n) is 3.38. The van der Waals surface area contributed by atoms with Crippen LogP contribution in [0.25, 0.3) is 10.9 Å². The zero-order valence-electron chi connectivity index (χ0n) is 11.2. The molecule has 20 heavy (non-hydrogen) atoms. The normalized spacial score (nSPS) is 11.1. The first-order valence-electron chi connectivity index (χ1n) is 6.68. The largest absolute Gasteiger partial charge is 0.392 e. The maximum atomic E-state index is 9.40. The number of rotatable bonds is 5. The molecule has 0 unspecified atom stereocenters. The van der Waals surface area contributed by atoms with Crippen molar-refractivity contribution in [3.8, 4) is 0 Å². The van der Waals surface area contributed by atoms with Crippen molar-refractivity contribution in [2.24, 2.45) is 0 Å². The second-order valence-corrected chi connectivity index (χ2v) is 4.76. The van der Waals surface area contributed by atoms with Crippen molar-refractivity contribution in [3.63, 3.8) is 0 Å². The minimum atomic E-state index is 0.0478. The molecule has 1 heterocycles. The predicted octanol–water partition coefficient (Wildman–Crippen LogP) is 3.31. The van der Waals surface area contributed by atoms with Crippen LogP contribution in [0.3, 0.4) is 0 Å². The van der Waals surface area contributed by atoms with Gasteiger partial charge in [-0.25, -0.2) is 0 Å². The van der Waals surface area contributed by atoms with Crippen LogP contribution in [-0.4, -0.2) is 9.67 Å². The summed E-state index contributed by atoms with van der Waals surface area (Å²) in [5.41, 5.74) is 3.18. The Kier molecular flexibility index (Phi) is 3.81. The molecule has 0 radical (unpaired) electrons. The molecule has 0 aliphatic rings. The van der Waals surface area contributed by atoms with Gasteiger partial charge in [0.05, 0.1) is 18.7 Å². The summed E-state index contributed by atoms with van der Waals surface area (Å²) < 4.78 is 7.78. The van der Waals surface area contributed by atoms with E-state index in [1.807, 2.05) is 65.4 Å². The molecule has 0 amide bonds. The van der Waals surface area contributed by atoms with Crippen molar-refractivity contribution in [2.75, 3.05) is 0 Å². The Balaban J connectivity index is 1.74. The molecule has 3 rings (SSSR count). The first-order valence-corrected chi connectivity index (χ1v) is 6.68. The van der Waals surface area contributed by atoms with Crippen LogP contribution in [0.15, 0.2) is 60.8 Å². The number of hydrogen-bond donors (Lipinski definition) is 1. The Morgan fingerprint density at radius 1 is 0.950 bits per heavy atom. The molecule has 1 aromatic heterocycles. The smallest absolute Gasteiger partial charge is 0.123 e. The van der Waals surface area contributed by atoms with Crippen molar-refractivity contribution in [3.05, 3.63) is 71.9 Å². The monoisotopic (exact) mass is 267 g/mol. The molecule has 102 valence electrons. The van der Waals surface area contributed by atoms with Crippen molar-refractivity contribution in [2.45, 2.75) is 19.9 Å². The molecule has 0 aliphatic carbocycles. The van der Waals surface area contributed by atoms with Gasteiger partial charge < -0.3 is 14.4 Å². The molecular formula is C17H17NO2. The molecule has 0 aliphatic heterocycles. The van der Waals surface area contributed by atoms with Crippen LogP contribution in [0.4, 0.5) is 0 Å². The van der Waals surface area contributed by atoms with E-state index in [0.29, 0.717) is 13.3 Å². The number of hydrogen-bond acceptors (Lipinski definition) is 2. The van der Waals surface area contributed by atoms with Crippen molar-refractivity contribution < 1.29 is 9.84 Å². The average Bonchev–Trinajstić information content (AvgIpc) is 2.87. The first-order chi connectivity index (χ1) is 9.88. The third kappa shape index (κ3) is 2.59. The van der Waals surface area contributed by atoms with Gasteiger partial charge in [0.1, 0.15) is 6.73 Å². The number of ether oxygens (including phenoxy) is 1. The highest BCUT2D eigenvalue weighted by molar-refractivity contribution is 5.83. The van der Waals surface area contributed by atoms with Gasteiger partial charge in [-0.15, -0.1) is 0 Å². The minimum Gasteiger partial charge on any atom is -0.392 e. The Labute approximate surface area is 118 Å². The fourth-order valence-electron chi connectivity index (χ4n) is 2.39. The van der Waals surface area contributed by atoms with Gasteiger partial charge >= 0.3 is 0 Å². The molecule has 0 bridgehead atoms. The number of aromatic nitrogens is 1. The van der Waals surface area contributed by atoms with Gasteiger partial charge in [0.15, 0.2) is 0 Å². The number of nitrogens with zero attached hydrogens (tertiary/aromatic N) is 1. The Morgan fingerprint density at radius 2 is 1.70 bits per heavy atom. The molecule has 1 N–H and O–H groups in total. The third-order valence-corrected chi connectivity index (χ3v) is 3.38. The number of aliphatic hydroxyl groups is 1. The second kappa shape index (κ2) is 5.90. The van der Waals surface area contributed by atoms with Gasteiger partial charge in [-0.05, 0) is 11.6 Å². The molecule has 3 aromatic rings. The number of benzene rings is 2. The highest BCUT2D eigenvalue weighted by atomic mass is 16.5. The van der Waals surface area contributed by atoms with Crippen LogP contribution in [0.5, 0.6) is 0 Å². The Morgan fingerprint density at radius 3 is 2.50 bits per heavy atom. The van der Waals surface area contributed by atoms with Crippen LogP contribution >= 0.6 is 0 Å². The second-order valence-electron chi connectivity index (χ2n) is 4.76.